The van der Waals surface area contributed by atoms with Crippen LogP contribution in [0, 0.1) is 5.92 Å². The van der Waals surface area contributed by atoms with E-state index in [1.165, 1.54) is 5.56 Å². The molecule has 0 aliphatic carbocycles. The van der Waals surface area contributed by atoms with Crippen LogP contribution >= 0.6 is 0 Å². The molecule has 1 aromatic carbocycles. The van der Waals surface area contributed by atoms with Crippen LogP contribution in [0.4, 0.5) is 0 Å². The van der Waals surface area contributed by atoms with Crippen molar-refractivity contribution in [3.05, 3.63) is 35.4 Å². The van der Waals surface area contributed by atoms with Gasteiger partial charge < -0.3 is 10.8 Å². The van der Waals surface area contributed by atoms with Gasteiger partial charge in [-0.2, -0.15) is 0 Å². The van der Waals surface area contributed by atoms with E-state index in [1.807, 2.05) is 26.0 Å². The second-order valence-electron chi connectivity index (χ2n) is 5.70. The van der Waals surface area contributed by atoms with E-state index in [-0.39, 0.29) is 12.3 Å². The maximum absolute atomic E-state index is 11.0. The number of nitrogens with two attached hydrogens (primary N) is 1. The number of benzene rings is 1. The molecule has 3 nitrogen and oxygen atoms in total. The molecule has 0 amide bonds. The van der Waals surface area contributed by atoms with Gasteiger partial charge >= 0.3 is 5.97 Å². The molecular weight excluding hydrogens is 238 g/mol. The van der Waals surface area contributed by atoms with Gasteiger partial charge in [0.25, 0.3) is 0 Å². The third-order valence-electron chi connectivity index (χ3n) is 4.10. The SMILES string of the molecule is CCC(C)c1ccc(C(N)(CC(=O)O)C(C)C)cc1. The molecule has 2 atom stereocenters. The van der Waals surface area contributed by atoms with E-state index in [4.69, 9.17) is 10.8 Å². The van der Waals surface area contributed by atoms with Crippen molar-refractivity contribution < 1.29 is 9.90 Å². The first-order valence-electron chi connectivity index (χ1n) is 6.92. The Morgan fingerprint density at radius 2 is 1.79 bits per heavy atom. The summed E-state index contributed by atoms with van der Waals surface area (Å²) in [6, 6.07) is 8.08. The van der Waals surface area contributed by atoms with Crippen molar-refractivity contribution in [2.45, 2.75) is 52.0 Å². The molecule has 0 saturated heterocycles. The van der Waals surface area contributed by atoms with Crippen LogP contribution in [-0.2, 0) is 10.3 Å². The fraction of sp³-hybridized carbons (Fsp3) is 0.562. The van der Waals surface area contributed by atoms with Crippen molar-refractivity contribution in [3.8, 4) is 0 Å². The Morgan fingerprint density at radius 3 is 2.16 bits per heavy atom. The van der Waals surface area contributed by atoms with Crippen LogP contribution in [0.3, 0.4) is 0 Å². The summed E-state index contributed by atoms with van der Waals surface area (Å²) in [6.45, 7) is 8.27. The van der Waals surface area contributed by atoms with Crippen LogP contribution in [0.5, 0.6) is 0 Å². The number of aliphatic carboxylic acids is 1. The quantitative estimate of drug-likeness (QED) is 0.825. The van der Waals surface area contributed by atoms with Gasteiger partial charge in [0.05, 0.1) is 12.0 Å². The van der Waals surface area contributed by atoms with Gasteiger partial charge in [-0.1, -0.05) is 52.0 Å². The molecule has 0 heterocycles. The van der Waals surface area contributed by atoms with Gasteiger partial charge in [0.15, 0.2) is 0 Å². The van der Waals surface area contributed by atoms with Gasteiger partial charge in [0.1, 0.15) is 0 Å². The fourth-order valence-electron chi connectivity index (χ4n) is 2.25. The molecule has 3 heteroatoms. The first-order chi connectivity index (χ1) is 8.81. The van der Waals surface area contributed by atoms with Gasteiger partial charge in [-0.05, 0) is 29.4 Å². The zero-order valence-electron chi connectivity index (χ0n) is 12.3. The molecule has 0 aromatic heterocycles. The van der Waals surface area contributed by atoms with Crippen LogP contribution in [0.15, 0.2) is 24.3 Å². The zero-order chi connectivity index (χ0) is 14.6. The summed E-state index contributed by atoms with van der Waals surface area (Å²) in [5.41, 5.74) is 7.71. The average Bonchev–Trinajstić information content (AvgIpc) is 2.36. The van der Waals surface area contributed by atoms with Crippen LogP contribution in [-0.4, -0.2) is 11.1 Å². The molecule has 0 fully saturated rings. The molecule has 0 radical (unpaired) electrons. The van der Waals surface area contributed by atoms with E-state index in [0.717, 1.165) is 12.0 Å². The number of carboxylic acid groups (broad SMARTS) is 1. The lowest BCUT2D eigenvalue weighted by atomic mass is 9.77. The minimum atomic E-state index is -0.859. The maximum atomic E-state index is 11.0. The van der Waals surface area contributed by atoms with Crippen LogP contribution in [0.25, 0.3) is 0 Å². The first-order valence-corrected chi connectivity index (χ1v) is 6.92. The van der Waals surface area contributed by atoms with Crippen molar-refractivity contribution in [2.24, 2.45) is 11.7 Å². The van der Waals surface area contributed by atoms with E-state index in [0.29, 0.717) is 5.92 Å². The molecule has 0 saturated carbocycles. The molecular formula is C16H25NO2. The highest BCUT2D eigenvalue weighted by molar-refractivity contribution is 5.69. The van der Waals surface area contributed by atoms with Crippen LogP contribution in [0.2, 0.25) is 0 Å². The van der Waals surface area contributed by atoms with Crippen molar-refractivity contribution >= 4 is 5.97 Å². The Kier molecular flexibility index (Phi) is 5.12. The number of rotatable bonds is 6. The normalized spacial score (nSPS) is 16.1. The minimum absolute atomic E-state index is 0.0483. The van der Waals surface area contributed by atoms with E-state index in [1.54, 1.807) is 0 Å². The summed E-state index contributed by atoms with van der Waals surface area (Å²) < 4.78 is 0. The number of carboxylic acids is 1. The van der Waals surface area contributed by atoms with Gasteiger partial charge in [-0.25, -0.2) is 0 Å². The van der Waals surface area contributed by atoms with Gasteiger partial charge in [-0.3, -0.25) is 4.79 Å². The summed E-state index contributed by atoms with van der Waals surface area (Å²) in [6.07, 6.45) is 1.04. The van der Waals surface area contributed by atoms with Gasteiger partial charge in [0, 0.05) is 0 Å². The Labute approximate surface area is 115 Å². The van der Waals surface area contributed by atoms with Gasteiger partial charge in [-0.15, -0.1) is 0 Å². The number of hydrogen-bond acceptors (Lipinski definition) is 2. The van der Waals surface area contributed by atoms with Crippen LogP contribution < -0.4 is 5.73 Å². The van der Waals surface area contributed by atoms with Crippen molar-refractivity contribution in [2.75, 3.05) is 0 Å². The molecule has 2 unspecified atom stereocenters. The third kappa shape index (κ3) is 3.57. The van der Waals surface area contributed by atoms with E-state index in [2.05, 4.69) is 26.0 Å². The lowest BCUT2D eigenvalue weighted by Crippen LogP contribution is -2.43. The number of carbonyl (C=O) groups is 1. The monoisotopic (exact) mass is 263 g/mol. The average molecular weight is 263 g/mol. The predicted octanol–water partition coefficient (Wildman–Crippen LogP) is 3.48. The lowest BCUT2D eigenvalue weighted by Gasteiger charge is -2.33. The van der Waals surface area contributed by atoms with E-state index in [9.17, 15) is 4.79 Å². The number of hydrogen-bond donors (Lipinski definition) is 2. The second-order valence-corrected chi connectivity index (χ2v) is 5.70. The van der Waals surface area contributed by atoms with Crippen LogP contribution in [0.1, 0.15) is 57.6 Å². The Morgan fingerprint density at radius 1 is 1.26 bits per heavy atom. The topological polar surface area (TPSA) is 63.3 Å². The van der Waals surface area contributed by atoms with Gasteiger partial charge in [0.2, 0.25) is 0 Å². The van der Waals surface area contributed by atoms with Crippen molar-refractivity contribution in [1.29, 1.82) is 0 Å². The summed E-state index contributed by atoms with van der Waals surface area (Å²) >= 11 is 0. The molecule has 0 spiro atoms. The summed E-state index contributed by atoms with van der Waals surface area (Å²) in [5.74, 6) is -0.278. The summed E-state index contributed by atoms with van der Waals surface area (Å²) in [5, 5.41) is 9.06. The molecule has 0 bridgehead atoms. The fourth-order valence-corrected chi connectivity index (χ4v) is 2.25. The smallest absolute Gasteiger partial charge is 0.305 e. The van der Waals surface area contributed by atoms with E-state index < -0.39 is 11.5 Å². The highest BCUT2D eigenvalue weighted by Gasteiger charge is 2.33. The standard InChI is InChI=1S/C16H25NO2/c1-5-12(4)13-6-8-14(9-7-13)16(17,11(2)3)10-15(18)19/h6-9,11-12H,5,10,17H2,1-4H3,(H,18,19). The molecule has 0 aliphatic heterocycles. The molecule has 1 aromatic rings. The molecule has 19 heavy (non-hydrogen) atoms. The molecule has 3 N–H and O–H groups in total. The summed E-state index contributed by atoms with van der Waals surface area (Å²) in [7, 11) is 0. The van der Waals surface area contributed by atoms with E-state index >= 15 is 0 Å². The Balaban J connectivity index is 3.08. The lowest BCUT2D eigenvalue weighted by molar-refractivity contribution is -0.139. The molecule has 1 rings (SSSR count). The molecule has 0 aliphatic rings. The van der Waals surface area contributed by atoms with Crippen molar-refractivity contribution in [3.63, 3.8) is 0 Å². The highest BCUT2D eigenvalue weighted by Crippen LogP contribution is 2.31. The highest BCUT2D eigenvalue weighted by atomic mass is 16.4. The third-order valence-corrected chi connectivity index (χ3v) is 4.10. The summed E-state index contributed by atoms with van der Waals surface area (Å²) in [4.78, 5) is 11.0. The Hall–Kier alpha value is -1.35. The first kappa shape index (κ1) is 15.7. The Bertz CT molecular complexity index is 425. The largest absolute Gasteiger partial charge is 0.481 e. The predicted molar refractivity (Wildman–Crippen MR) is 78.1 cm³/mol. The minimum Gasteiger partial charge on any atom is -0.481 e. The second kappa shape index (κ2) is 6.20. The van der Waals surface area contributed by atoms with Crippen molar-refractivity contribution in [1.82, 2.24) is 0 Å². The maximum Gasteiger partial charge on any atom is 0.305 e. The molecule has 106 valence electrons. The zero-order valence-corrected chi connectivity index (χ0v) is 12.3.